The average molecular weight is 384 g/mol. The molecule has 1 amide bonds. The van der Waals surface area contributed by atoms with Crippen LogP contribution in [0.15, 0.2) is 53.8 Å². The van der Waals surface area contributed by atoms with Gasteiger partial charge in [0.25, 0.3) is 0 Å². The largest absolute Gasteiger partial charge is 0.354 e. The van der Waals surface area contributed by atoms with Gasteiger partial charge in [-0.3, -0.25) is 4.79 Å². The zero-order chi connectivity index (χ0) is 19.2. The van der Waals surface area contributed by atoms with Crippen LogP contribution in [0.25, 0.3) is 0 Å². The van der Waals surface area contributed by atoms with Crippen LogP contribution in [0.2, 0.25) is 0 Å². The van der Waals surface area contributed by atoms with Crippen molar-refractivity contribution in [2.45, 2.75) is 38.0 Å². The SMILES string of the molecule is CCn1c(Cc2cccn2C)nnc1SCC(=O)NC(C)c1ccccc1. The van der Waals surface area contributed by atoms with Gasteiger partial charge in [0.15, 0.2) is 5.16 Å². The summed E-state index contributed by atoms with van der Waals surface area (Å²) < 4.78 is 4.16. The fourth-order valence-electron chi connectivity index (χ4n) is 2.95. The second kappa shape index (κ2) is 8.90. The number of rotatable bonds is 8. The van der Waals surface area contributed by atoms with Crippen molar-refractivity contribution in [1.29, 1.82) is 0 Å². The maximum atomic E-state index is 12.3. The third kappa shape index (κ3) is 4.80. The van der Waals surface area contributed by atoms with E-state index in [2.05, 4.69) is 37.6 Å². The number of nitrogens with zero attached hydrogens (tertiary/aromatic N) is 4. The molecule has 0 fully saturated rings. The normalized spacial score (nSPS) is 12.1. The van der Waals surface area contributed by atoms with Crippen molar-refractivity contribution < 1.29 is 4.79 Å². The standard InChI is InChI=1S/C20H25N5OS/c1-4-25-18(13-17-11-8-12-24(17)3)22-23-20(25)27-14-19(26)21-15(2)16-9-6-5-7-10-16/h5-12,15H,4,13-14H2,1-3H3,(H,21,26). The monoisotopic (exact) mass is 383 g/mol. The van der Waals surface area contributed by atoms with Crippen LogP contribution >= 0.6 is 11.8 Å². The molecule has 0 aliphatic rings. The number of nitrogens with one attached hydrogen (secondary N) is 1. The summed E-state index contributed by atoms with van der Waals surface area (Å²) in [6.45, 7) is 4.83. The molecule has 1 aromatic carbocycles. The van der Waals surface area contributed by atoms with Crippen LogP contribution < -0.4 is 5.32 Å². The number of carbonyl (C=O) groups excluding carboxylic acids is 1. The molecule has 0 saturated carbocycles. The molecule has 0 radical (unpaired) electrons. The molecule has 3 aromatic rings. The highest BCUT2D eigenvalue weighted by molar-refractivity contribution is 7.99. The maximum Gasteiger partial charge on any atom is 0.230 e. The zero-order valence-corrected chi connectivity index (χ0v) is 16.7. The Kier molecular flexibility index (Phi) is 6.34. The highest BCUT2D eigenvalue weighted by atomic mass is 32.2. The van der Waals surface area contributed by atoms with E-state index in [4.69, 9.17) is 0 Å². The number of aromatic nitrogens is 4. The highest BCUT2D eigenvalue weighted by Crippen LogP contribution is 2.19. The van der Waals surface area contributed by atoms with Crippen LogP contribution in [-0.2, 0) is 24.8 Å². The van der Waals surface area contributed by atoms with Crippen molar-refractivity contribution in [2.24, 2.45) is 7.05 Å². The maximum absolute atomic E-state index is 12.3. The van der Waals surface area contributed by atoms with Crippen LogP contribution in [-0.4, -0.2) is 31.0 Å². The number of amides is 1. The van der Waals surface area contributed by atoms with Gasteiger partial charge in [-0.15, -0.1) is 10.2 Å². The van der Waals surface area contributed by atoms with Gasteiger partial charge in [0.05, 0.1) is 11.8 Å². The summed E-state index contributed by atoms with van der Waals surface area (Å²) in [5.41, 5.74) is 2.28. The summed E-state index contributed by atoms with van der Waals surface area (Å²) in [5.74, 6) is 1.23. The van der Waals surface area contributed by atoms with Crippen LogP contribution in [0.3, 0.4) is 0 Å². The minimum Gasteiger partial charge on any atom is -0.354 e. The molecule has 3 rings (SSSR count). The molecule has 27 heavy (non-hydrogen) atoms. The Balaban J connectivity index is 1.59. The quantitative estimate of drug-likeness (QED) is 0.607. The molecule has 2 heterocycles. The van der Waals surface area contributed by atoms with Crippen LogP contribution in [0.4, 0.5) is 0 Å². The third-order valence-corrected chi connectivity index (χ3v) is 5.48. The van der Waals surface area contributed by atoms with E-state index in [1.54, 1.807) is 0 Å². The van der Waals surface area contributed by atoms with Gasteiger partial charge in [-0.25, -0.2) is 0 Å². The van der Waals surface area contributed by atoms with Crippen molar-refractivity contribution in [2.75, 3.05) is 5.75 Å². The van der Waals surface area contributed by atoms with Gasteiger partial charge in [-0.05, 0) is 31.5 Å². The summed E-state index contributed by atoms with van der Waals surface area (Å²) in [7, 11) is 2.02. The zero-order valence-electron chi connectivity index (χ0n) is 15.9. The van der Waals surface area contributed by atoms with Gasteiger partial charge >= 0.3 is 0 Å². The number of thioether (sulfide) groups is 1. The second-order valence-corrected chi connectivity index (χ2v) is 7.36. The van der Waals surface area contributed by atoms with E-state index in [0.29, 0.717) is 5.75 Å². The molecule has 1 atom stereocenters. The van der Waals surface area contributed by atoms with Gasteiger partial charge in [-0.2, -0.15) is 0 Å². The number of benzene rings is 1. The lowest BCUT2D eigenvalue weighted by atomic mass is 10.1. The van der Waals surface area contributed by atoms with Crippen molar-refractivity contribution >= 4 is 17.7 Å². The first-order chi connectivity index (χ1) is 13.1. The van der Waals surface area contributed by atoms with Gasteiger partial charge in [0, 0.05) is 31.9 Å². The molecule has 0 saturated heterocycles. The highest BCUT2D eigenvalue weighted by Gasteiger charge is 2.15. The van der Waals surface area contributed by atoms with E-state index in [0.717, 1.165) is 29.5 Å². The van der Waals surface area contributed by atoms with Gasteiger partial charge < -0.3 is 14.5 Å². The topological polar surface area (TPSA) is 64.7 Å². The van der Waals surface area contributed by atoms with E-state index in [1.165, 1.54) is 17.5 Å². The summed E-state index contributed by atoms with van der Waals surface area (Å²) in [5, 5.41) is 12.4. The van der Waals surface area contributed by atoms with Crippen LogP contribution in [0, 0.1) is 0 Å². The fourth-order valence-corrected chi connectivity index (χ4v) is 3.79. The molecule has 6 nitrogen and oxygen atoms in total. The molecule has 1 unspecified atom stereocenters. The molecule has 142 valence electrons. The van der Waals surface area contributed by atoms with Crippen molar-refractivity contribution in [3.63, 3.8) is 0 Å². The number of hydrogen-bond donors (Lipinski definition) is 1. The molecule has 1 N–H and O–H groups in total. The summed E-state index contributed by atoms with van der Waals surface area (Å²) >= 11 is 1.43. The number of hydrogen-bond acceptors (Lipinski definition) is 4. The number of carbonyl (C=O) groups is 1. The number of aryl methyl sites for hydroxylation is 1. The first kappa shape index (κ1) is 19.2. The Morgan fingerprint density at radius 1 is 1.19 bits per heavy atom. The Morgan fingerprint density at radius 3 is 2.63 bits per heavy atom. The van der Waals surface area contributed by atoms with Crippen molar-refractivity contribution in [3.8, 4) is 0 Å². The lowest BCUT2D eigenvalue weighted by molar-refractivity contribution is -0.119. The van der Waals surface area contributed by atoms with E-state index >= 15 is 0 Å². The summed E-state index contributed by atoms with van der Waals surface area (Å²) in [6.07, 6.45) is 2.75. The van der Waals surface area contributed by atoms with Gasteiger partial charge in [-0.1, -0.05) is 42.1 Å². The second-order valence-electron chi connectivity index (χ2n) is 6.42. The van der Waals surface area contributed by atoms with Crippen LogP contribution in [0.1, 0.15) is 37.0 Å². The van der Waals surface area contributed by atoms with Crippen molar-refractivity contribution in [3.05, 3.63) is 65.7 Å². The Labute approximate surface area is 164 Å². The average Bonchev–Trinajstić information content (AvgIpc) is 3.26. The Morgan fingerprint density at radius 2 is 1.96 bits per heavy atom. The molecular weight excluding hydrogens is 358 g/mol. The molecule has 0 aliphatic heterocycles. The lowest BCUT2D eigenvalue weighted by Crippen LogP contribution is -2.28. The van der Waals surface area contributed by atoms with E-state index in [9.17, 15) is 4.79 Å². The van der Waals surface area contributed by atoms with Gasteiger partial charge in [0.2, 0.25) is 5.91 Å². The summed E-state index contributed by atoms with van der Waals surface area (Å²) in [6, 6.07) is 14.0. The van der Waals surface area contributed by atoms with E-state index in [-0.39, 0.29) is 11.9 Å². The first-order valence-corrected chi connectivity index (χ1v) is 10.1. The van der Waals surface area contributed by atoms with E-state index < -0.39 is 0 Å². The lowest BCUT2D eigenvalue weighted by Gasteiger charge is -2.14. The van der Waals surface area contributed by atoms with E-state index in [1.807, 2.05) is 56.6 Å². The third-order valence-electron chi connectivity index (χ3n) is 4.51. The van der Waals surface area contributed by atoms with Gasteiger partial charge in [0.1, 0.15) is 5.82 Å². The molecule has 2 aromatic heterocycles. The predicted octanol–water partition coefficient (Wildman–Crippen LogP) is 3.20. The summed E-state index contributed by atoms with van der Waals surface area (Å²) in [4.78, 5) is 12.3. The molecule has 0 aliphatic carbocycles. The van der Waals surface area contributed by atoms with Crippen LogP contribution in [0.5, 0.6) is 0 Å². The molecule has 7 heteroatoms. The molecule has 0 bridgehead atoms. The van der Waals surface area contributed by atoms with Crippen molar-refractivity contribution in [1.82, 2.24) is 24.6 Å². The smallest absolute Gasteiger partial charge is 0.230 e. The minimum atomic E-state index is -0.0174. The fraction of sp³-hybridized carbons (Fsp3) is 0.350. The molecular formula is C20H25N5OS. The molecule has 0 spiro atoms. The minimum absolute atomic E-state index is 0.00834. The first-order valence-electron chi connectivity index (χ1n) is 9.08. The predicted molar refractivity (Wildman–Crippen MR) is 108 cm³/mol. The Bertz CT molecular complexity index is 887. The Hall–Kier alpha value is -2.54.